The van der Waals surface area contributed by atoms with E-state index in [1.165, 1.54) is 7.11 Å². The zero-order valence-corrected chi connectivity index (χ0v) is 10.9. The Morgan fingerprint density at radius 1 is 1.29 bits per heavy atom. The van der Waals surface area contributed by atoms with Gasteiger partial charge in [-0.3, -0.25) is 4.79 Å². The predicted octanol–water partition coefficient (Wildman–Crippen LogP) is 3.00. The second-order valence-electron chi connectivity index (χ2n) is 4.48. The Kier molecular flexibility index (Phi) is 5.01. The normalized spacial score (nSPS) is 12.3. The summed E-state index contributed by atoms with van der Waals surface area (Å²) in [5.74, 6) is 0.799. The molecule has 1 atom stereocenters. The van der Waals surface area contributed by atoms with Gasteiger partial charge in [0.05, 0.1) is 20.1 Å². The van der Waals surface area contributed by atoms with E-state index in [1.54, 1.807) is 7.11 Å². The highest BCUT2D eigenvalue weighted by atomic mass is 16.5. The van der Waals surface area contributed by atoms with Crippen molar-refractivity contribution in [3.05, 3.63) is 29.8 Å². The molecule has 0 saturated carbocycles. The monoisotopic (exact) mass is 236 g/mol. The van der Waals surface area contributed by atoms with E-state index in [-0.39, 0.29) is 11.9 Å². The molecule has 1 aromatic carbocycles. The lowest BCUT2D eigenvalue weighted by Crippen LogP contribution is -2.16. The zero-order chi connectivity index (χ0) is 12.8. The molecule has 3 heteroatoms. The average molecular weight is 236 g/mol. The molecule has 94 valence electrons. The third kappa shape index (κ3) is 3.77. The fourth-order valence-corrected chi connectivity index (χ4v) is 1.84. The number of hydrogen-bond donors (Lipinski definition) is 0. The minimum Gasteiger partial charge on any atom is -0.497 e. The van der Waals surface area contributed by atoms with Gasteiger partial charge in [-0.1, -0.05) is 26.0 Å². The minimum atomic E-state index is -0.213. The van der Waals surface area contributed by atoms with Crippen LogP contribution >= 0.6 is 0 Å². The van der Waals surface area contributed by atoms with Gasteiger partial charge in [0.25, 0.3) is 0 Å². The molecule has 0 amide bonds. The third-order valence-electron chi connectivity index (χ3n) is 2.69. The van der Waals surface area contributed by atoms with Gasteiger partial charge in [-0.2, -0.15) is 0 Å². The number of esters is 1. The standard InChI is InChI=1S/C14H20O3/c1-10(2)8-13(14(15)17-4)11-6-5-7-12(9-11)16-3/h5-7,9-10,13H,8H2,1-4H3. The van der Waals surface area contributed by atoms with Crippen molar-refractivity contribution < 1.29 is 14.3 Å². The SMILES string of the molecule is COC(=O)C(CC(C)C)c1cccc(OC)c1. The van der Waals surface area contributed by atoms with Gasteiger partial charge in [-0.15, -0.1) is 0 Å². The van der Waals surface area contributed by atoms with Crippen molar-refractivity contribution in [3.63, 3.8) is 0 Å². The number of hydrogen-bond acceptors (Lipinski definition) is 3. The summed E-state index contributed by atoms with van der Waals surface area (Å²) in [6, 6.07) is 7.59. The maximum absolute atomic E-state index is 11.8. The van der Waals surface area contributed by atoms with Crippen LogP contribution < -0.4 is 4.74 Å². The van der Waals surface area contributed by atoms with Gasteiger partial charge >= 0.3 is 5.97 Å². The molecule has 0 bridgehead atoms. The molecule has 0 heterocycles. The highest BCUT2D eigenvalue weighted by molar-refractivity contribution is 5.78. The highest BCUT2D eigenvalue weighted by Gasteiger charge is 2.22. The quantitative estimate of drug-likeness (QED) is 0.737. The lowest BCUT2D eigenvalue weighted by Gasteiger charge is -2.17. The summed E-state index contributed by atoms with van der Waals surface area (Å²) in [5, 5.41) is 0. The van der Waals surface area contributed by atoms with Crippen LogP contribution in [0.1, 0.15) is 31.7 Å². The zero-order valence-electron chi connectivity index (χ0n) is 10.9. The molecule has 1 aromatic rings. The van der Waals surface area contributed by atoms with Crippen molar-refractivity contribution in [2.24, 2.45) is 5.92 Å². The van der Waals surface area contributed by atoms with Gasteiger partial charge in [-0.25, -0.2) is 0 Å². The van der Waals surface area contributed by atoms with E-state index in [1.807, 2.05) is 24.3 Å². The first kappa shape index (κ1) is 13.6. The van der Waals surface area contributed by atoms with Gasteiger partial charge in [0.1, 0.15) is 5.75 Å². The van der Waals surface area contributed by atoms with Gasteiger partial charge in [0.15, 0.2) is 0 Å². The Hall–Kier alpha value is -1.51. The molecule has 1 unspecified atom stereocenters. The van der Waals surface area contributed by atoms with Crippen LogP contribution in [0.15, 0.2) is 24.3 Å². The molecule has 0 spiro atoms. The van der Waals surface area contributed by atoms with Crippen molar-refractivity contribution in [2.75, 3.05) is 14.2 Å². The Labute approximate surface area is 103 Å². The number of carbonyl (C=O) groups is 1. The number of ether oxygens (including phenoxy) is 2. The van der Waals surface area contributed by atoms with E-state index in [2.05, 4.69) is 13.8 Å². The third-order valence-corrected chi connectivity index (χ3v) is 2.69. The van der Waals surface area contributed by atoms with Crippen molar-refractivity contribution in [1.29, 1.82) is 0 Å². The van der Waals surface area contributed by atoms with Crippen LogP contribution in [0.2, 0.25) is 0 Å². The molecule has 0 aliphatic carbocycles. The smallest absolute Gasteiger partial charge is 0.313 e. The lowest BCUT2D eigenvalue weighted by atomic mass is 9.90. The van der Waals surface area contributed by atoms with Crippen molar-refractivity contribution in [1.82, 2.24) is 0 Å². The fraction of sp³-hybridized carbons (Fsp3) is 0.500. The van der Waals surface area contributed by atoms with Crippen LogP contribution in [0, 0.1) is 5.92 Å². The average Bonchev–Trinajstić information content (AvgIpc) is 2.35. The Balaban J connectivity index is 2.98. The fourth-order valence-electron chi connectivity index (χ4n) is 1.84. The molecule has 0 aliphatic heterocycles. The molecule has 0 radical (unpaired) electrons. The molecule has 0 N–H and O–H groups in total. The van der Waals surface area contributed by atoms with Crippen molar-refractivity contribution >= 4 is 5.97 Å². The Bertz CT molecular complexity index is 371. The van der Waals surface area contributed by atoms with E-state index in [0.29, 0.717) is 5.92 Å². The number of rotatable bonds is 5. The molecule has 1 rings (SSSR count). The van der Waals surface area contributed by atoms with Crippen LogP contribution in [0.5, 0.6) is 5.75 Å². The summed E-state index contributed by atoms with van der Waals surface area (Å²) in [6.45, 7) is 4.19. The summed E-state index contributed by atoms with van der Waals surface area (Å²) < 4.78 is 10.0. The van der Waals surface area contributed by atoms with Gasteiger partial charge < -0.3 is 9.47 Å². The van der Waals surface area contributed by atoms with Crippen LogP contribution in [-0.2, 0) is 9.53 Å². The summed E-state index contributed by atoms with van der Waals surface area (Å²) in [5.41, 5.74) is 0.949. The molecule has 17 heavy (non-hydrogen) atoms. The molecular formula is C14H20O3. The van der Waals surface area contributed by atoms with Gasteiger partial charge in [0.2, 0.25) is 0 Å². The summed E-state index contributed by atoms with van der Waals surface area (Å²) in [7, 11) is 3.05. The first-order valence-corrected chi connectivity index (χ1v) is 5.80. The molecule has 0 aliphatic rings. The molecule has 3 nitrogen and oxygen atoms in total. The van der Waals surface area contributed by atoms with Gasteiger partial charge in [-0.05, 0) is 30.0 Å². The van der Waals surface area contributed by atoms with Crippen molar-refractivity contribution in [2.45, 2.75) is 26.2 Å². The lowest BCUT2D eigenvalue weighted by molar-refractivity contribution is -0.142. The summed E-state index contributed by atoms with van der Waals surface area (Å²) in [4.78, 5) is 11.8. The van der Waals surface area contributed by atoms with E-state index in [9.17, 15) is 4.79 Å². The van der Waals surface area contributed by atoms with E-state index in [4.69, 9.17) is 9.47 Å². The maximum atomic E-state index is 11.8. The van der Waals surface area contributed by atoms with E-state index < -0.39 is 0 Å². The second kappa shape index (κ2) is 6.28. The van der Waals surface area contributed by atoms with Crippen LogP contribution in [-0.4, -0.2) is 20.2 Å². The first-order chi connectivity index (χ1) is 8.08. The maximum Gasteiger partial charge on any atom is 0.313 e. The second-order valence-corrected chi connectivity index (χ2v) is 4.48. The van der Waals surface area contributed by atoms with E-state index in [0.717, 1.165) is 17.7 Å². The largest absolute Gasteiger partial charge is 0.497 e. The summed E-state index contributed by atoms with van der Waals surface area (Å²) >= 11 is 0. The minimum absolute atomic E-state index is 0.188. The van der Waals surface area contributed by atoms with E-state index >= 15 is 0 Å². The topological polar surface area (TPSA) is 35.5 Å². The van der Waals surface area contributed by atoms with Crippen LogP contribution in [0.3, 0.4) is 0 Å². The molecule has 0 aromatic heterocycles. The molecule has 0 saturated heterocycles. The number of benzene rings is 1. The number of carbonyl (C=O) groups excluding carboxylic acids is 1. The molecular weight excluding hydrogens is 216 g/mol. The van der Waals surface area contributed by atoms with Crippen LogP contribution in [0.4, 0.5) is 0 Å². The molecule has 0 fully saturated rings. The Morgan fingerprint density at radius 3 is 2.53 bits per heavy atom. The van der Waals surface area contributed by atoms with Crippen LogP contribution in [0.25, 0.3) is 0 Å². The van der Waals surface area contributed by atoms with Crippen molar-refractivity contribution in [3.8, 4) is 5.75 Å². The van der Waals surface area contributed by atoms with Gasteiger partial charge in [0, 0.05) is 0 Å². The number of methoxy groups -OCH3 is 2. The highest BCUT2D eigenvalue weighted by Crippen LogP contribution is 2.27. The summed E-state index contributed by atoms with van der Waals surface area (Å²) in [6.07, 6.45) is 0.778. The first-order valence-electron chi connectivity index (χ1n) is 5.80. The predicted molar refractivity (Wildman–Crippen MR) is 67.2 cm³/mol. The Morgan fingerprint density at radius 2 is 2.00 bits per heavy atom.